The van der Waals surface area contributed by atoms with Crippen LogP contribution in [0.25, 0.3) is 17.0 Å². The van der Waals surface area contributed by atoms with Crippen molar-refractivity contribution >= 4 is 67.4 Å². The van der Waals surface area contributed by atoms with E-state index in [4.69, 9.17) is 11.6 Å². The van der Waals surface area contributed by atoms with Crippen molar-refractivity contribution in [3.05, 3.63) is 73.9 Å². The number of aromatic nitrogens is 1. The molecule has 0 saturated carbocycles. The minimum absolute atomic E-state index is 0.241. The molecular formula is C19H11BrClFN2O2S. The maximum Gasteiger partial charge on any atom is 0.290 e. The Labute approximate surface area is 171 Å². The van der Waals surface area contributed by atoms with Crippen molar-refractivity contribution in [2.24, 2.45) is 0 Å². The predicted molar refractivity (Wildman–Crippen MR) is 109 cm³/mol. The van der Waals surface area contributed by atoms with E-state index < -0.39 is 11.1 Å². The van der Waals surface area contributed by atoms with Crippen LogP contribution in [0.2, 0.25) is 5.02 Å². The lowest BCUT2D eigenvalue weighted by Gasteiger charge is -2.08. The van der Waals surface area contributed by atoms with Gasteiger partial charge < -0.3 is 4.57 Å². The van der Waals surface area contributed by atoms with Crippen LogP contribution >= 0.6 is 39.3 Å². The normalized spacial score (nSPS) is 15.7. The summed E-state index contributed by atoms with van der Waals surface area (Å²) in [5.41, 5.74) is 2.01. The third-order valence-corrected chi connectivity index (χ3v) is 5.85. The lowest BCUT2D eigenvalue weighted by atomic mass is 10.1. The van der Waals surface area contributed by atoms with E-state index in [1.54, 1.807) is 18.2 Å². The van der Waals surface area contributed by atoms with Gasteiger partial charge in [0.2, 0.25) is 0 Å². The highest BCUT2D eigenvalue weighted by molar-refractivity contribution is 9.10. The number of fused-ring (bicyclic) bond motifs is 1. The third-order valence-electron chi connectivity index (χ3n) is 4.19. The summed E-state index contributed by atoms with van der Waals surface area (Å²) in [5, 5.41) is 3.07. The Balaban J connectivity index is 1.84. The van der Waals surface area contributed by atoms with E-state index >= 15 is 0 Å². The summed E-state index contributed by atoms with van der Waals surface area (Å²) in [6.07, 6.45) is 3.49. The summed E-state index contributed by atoms with van der Waals surface area (Å²) in [6.45, 7) is 0.241. The maximum absolute atomic E-state index is 14.2. The van der Waals surface area contributed by atoms with Gasteiger partial charge in [0.1, 0.15) is 5.82 Å². The molecule has 3 aromatic rings. The van der Waals surface area contributed by atoms with Crippen LogP contribution in [-0.2, 0) is 11.3 Å². The van der Waals surface area contributed by atoms with Crippen molar-refractivity contribution < 1.29 is 14.0 Å². The number of hydrogen-bond donors (Lipinski definition) is 1. The highest BCUT2D eigenvalue weighted by atomic mass is 79.9. The third kappa shape index (κ3) is 3.54. The van der Waals surface area contributed by atoms with E-state index in [0.717, 1.165) is 32.7 Å². The van der Waals surface area contributed by atoms with Crippen molar-refractivity contribution in [3.8, 4) is 0 Å². The Hall–Kier alpha value is -2.09. The number of nitrogens with zero attached hydrogens (tertiary/aromatic N) is 1. The molecule has 1 saturated heterocycles. The number of nitrogens with one attached hydrogen (secondary N) is 1. The molecule has 2 aromatic carbocycles. The molecule has 136 valence electrons. The molecule has 8 heteroatoms. The van der Waals surface area contributed by atoms with Gasteiger partial charge in [-0.3, -0.25) is 14.9 Å². The maximum atomic E-state index is 14.2. The first-order valence-electron chi connectivity index (χ1n) is 7.88. The molecule has 2 amide bonds. The molecule has 0 radical (unpaired) electrons. The summed E-state index contributed by atoms with van der Waals surface area (Å²) in [7, 11) is 0. The summed E-state index contributed by atoms with van der Waals surface area (Å²) in [6, 6.07) is 10.3. The second-order valence-corrected chi connectivity index (χ2v) is 8.26. The average Bonchev–Trinajstić information content (AvgIpc) is 3.11. The van der Waals surface area contributed by atoms with Crippen molar-refractivity contribution in [2.45, 2.75) is 6.54 Å². The van der Waals surface area contributed by atoms with Crippen LogP contribution in [0.1, 0.15) is 11.1 Å². The molecule has 2 heterocycles. The fourth-order valence-electron chi connectivity index (χ4n) is 2.96. The number of carbonyl (C=O) groups excluding carboxylic acids is 2. The van der Waals surface area contributed by atoms with E-state index in [9.17, 15) is 14.0 Å². The molecule has 4 nitrogen and oxygen atoms in total. The highest BCUT2D eigenvalue weighted by Crippen LogP contribution is 2.32. The molecule has 27 heavy (non-hydrogen) atoms. The monoisotopic (exact) mass is 464 g/mol. The smallest absolute Gasteiger partial charge is 0.290 e. The minimum atomic E-state index is -0.418. The Morgan fingerprint density at radius 2 is 2.07 bits per heavy atom. The van der Waals surface area contributed by atoms with Gasteiger partial charge in [-0.25, -0.2) is 4.39 Å². The van der Waals surface area contributed by atoms with Gasteiger partial charge in [0, 0.05) is 37.7 Å². The molecule has 1 aromatic heterocycles. The topological polar surface area (TPSA) is 51.1 Å². The Kier molecular flexibility index (Phi) is 4.84. The zero-order chi connectivity index (χ0) is 19.1. The van der Waals surface area contributed by atoms with Crippen molar-refractivity contribution in [1.29, 1.82) is 0 Å². The van der Waals surface area contributed by atoms with Crippen LogP contribution < -0.4 is 5.32 Å². The molecule has 0 aliphatic carbocycles. The van der Waals surface area contributed by atoms with Gasteiger partial charge in [0.25, 0.3) is 11.1 Å². The van der Waals surface area contributed by atoms with Crippen LogP contribution in [0.3, 0.4) is 0 Å². The molecule has 0 atom stereocenters. The summed E-state index contributed by atoms with van der Waals surface area (Å²) < 4.78 is 17.0. The average molecular weight is 466 g/mol. The van der Waals surface area contributed by atoms with E-state index in [1.807, 2.05) is 29.0 Å². The Bertz CT molecular complexity index is 1120. The fourth-order valence-corrected chi connectivity index (χ4v) is 4.22. The molecule has 1 aliphatic rings. The first-order valence-corrected chi connectivity index (χ1v) is 9.87. The van der Waals surface area contributed by atoms with Gasteiger partial charge in [0.05, 0.1) is 11.4 Å². The Morgan fingerprint density at radius 1 is 1.26 bits per heavy atom. The van der Waals surface area contributed by atoms with Crippen LogP contribution in [0, 0.1) is 5.82 Å². The van der Waals surface area contributed by atoms with Gasteiger partial charge in [-0.1, -0.05) is 33.6 Å². The van der Waals surface area contributed by atoms with Crippen molar-refractivity contribution in [2.75, 3.05) is 0 Å². The molecule has 0 bridgehead atoms. The zero-order valence-corrected chi connectivity index (χ0v) is 16.8. The largest absolute Gasteiger partial charge is 0.342 e. The lowest BCUT2D eigenvalue weighted by Crippen LogP contribution is -2.17. The molecular weight excluding hydrogens is 455 g/mol. The minimum Gasteiger partial charge on any atom is -0.342 e. The van der Waals surface area contributed by atoms with Gasteiger partial charge in [0.15, 0.2) is 0 Å². The van der Waals surface area contributed by atoms with Crippen LogP contribution in [0.4, 0.5) is 9.18 Å². The van der Waals surface area contributed by atoms with Gasteiger partial charge >= 0.3 is 0 Å². The number of carbonyl (C=O) groups is 2. The number of hydrogen-bond acceptors (Lipinski definition) is 3. The second kappa shape index (κ2) is 7.14. The van der Waals surface area contributed by atoms with Gasteiger partial charge in [-0.05, 0) is 48.2 Å². The summed E-state index contributed by atoms with van der Waals surface area (Å²) in [4.78, 5) is 23.6. The molecule has 4 rings (SSSR count). The Morgan fingerprint density at radius 3 is 2.78 bits per heavy atom. The molecule has 1 N–H and O–H groups in total. The zero-order valence-electron chi connectivity index (χ0n) is 13.6. The standard InChI is InChI=1S/C19H11BrClFN2O2S/c20-11-4-5-16-12(7-11)10(6-17-18(25)23-19(26)27-17)8-24(16)9-13-14(21)2-1-3-15(13)22/h1-8H,9H2,(H,23,25,26)/b17-6-. The quantitative estimate of drug-likeness (QED) is 0.515. The van der Waals surface area contributed by atoms with Crippen LogP contribution in [0.5, 0.6) is 0 Å². The summed E-state index contributed by atoms with van der Waals surface area (Å²) >= 11 is 10.5. The number of amides is 2. The predicted octanol–water partition coefficient (Wildman–Crippen LogP) is 5.57. The number of rotatable bonds is 3. The lowest BCUT2D eigenvalue weighted by molar-refractivity contribution is -0.115. The molecule has 1 fully saturated rings. The highest BCUT2D eigenvalue weighted by Gasteiger charge is 2.25. The van der Waals surface area contributed by atoms with Crippen LogP contribution in [-0.4, -0.2) is 15.7 Å². The molecule has 0 spiro atoms. The first-order chi connectivity index (χ1) is 12.9. The van der Waals surface area contributed by atoms with E-state index in [1.165, 1.54) is 6.07 Å². The van der Waals surface area contributed by atoms with Gasteiger partial charge in [-0.2, -0.15) is 0 Å². The van der Waals surface area contributed by atoms with Gasteiger partial charge in [-0.15, -0.1) is 0 Å². The molecule has 0 unspecified atom stereocenters. The van der Waals surface area contributed by atoms with E-state index in [0.29, 0.717) is 15.5 Å². The SMILES string of the molecule is O=C1NC(=O)/C(=C/c2cn(Cc3c(F)cccc3Cl)c3ccc(Br)cc23)S1. The molecule has 1 aliphatic heterocycles. The van der Waals surface area contributed by atoms with Crippen LogP contribution in [0.15, 0.2) is 52.0 Å². The number of benzene rings is 2. The first kappa shape index (κ1) is 18.3. The van der Waals surface area contributed by atoms with E-state index in [-0.39, 0.29) is 12.4 Å². The number of imide groups is 1. The van der Waals surface area contributed by atoms with Crippen molar-refractivity contribution in [1.82, 2.24) is 9.88 Å². The number of thioether (sulfide) groups is 1. The van der Waals surface area contributed by atoms with Crippen molar-refractivity contribution in [3.63, 3.8) is 0 Å². The fraction of sp³-hybridized carbons (Fsp3) is 0.0526. The summed E-state index contributed by atoms with van der Waals surface area (Å²) in [5.74, 6) is -0.796. The van der Waals surface area contributed by atoms with E-state index in [2.05, 4.69) is 21.2 Å². The second-order valence-electron chi connectivity index (χ2n) is 5.93. The number of halogens is 3.